The zero-order chi connectivity index (χ0) is 13.0. The maximum atomic E-state index is 12.1. The van der Waals surface area contributed by atoms with Crippen molar-refractivity contribution < 1.29 is 4.79 Å². The average molecular weight is 287 g/mol. The van der Waals surface area contributed by atoms with Gasteiger partial charge in [-0.25, -0.2) is 0 Å². The van der Waals surface area contributed by atoms with Crippen LogP contribution in [0.4, 0.5) is 5.69 Å². The van der Waals surface area contributed by atoms with Crippen molar-refractivity contribution in [3.63, 3.8) is 0 Å². The highest BCUT2D eigenvalue weighted by molar-refractivity contribution is 6.39. The first-order valence-corrected chi connectivity index (χ1v) is 6.92. The summed E-state index contributed by atoms with van der Waals surface area (Å²) >= 11 is 12.1. The Bertz CT molecular complexity index is 409. The maximum absolute atomic E-state index is 12.1. The Morgan fingerprint density at radius 3 is 2.67 bits per heavy atom. The van der Waals surface area contributed by atoms with Crippen LogP contribution in [0.3, 0.4) is 0 Å². The lowest BCUT2D eigenvalue weighted by Gasteiger charge is -2.16. The number of para-hydroxylation sites is 1. The third kappa shape index (κ3) is 3.37. The first-order chi connectivity index (χ1) is 8.68. The summed E-state index contributed by atoms with van der Waals surface area (Å²) in [5.41, 5.74) is 0.497. The molecule has 1 fully saturated rings. The second kappa shape index (κ2) is 6.41. The zero-order valence-electron chi connectivity index (χ0n) is 10.0. The van der Waals surface area contributed by atoms with Crippen LogP contribution in [0.25, 0.3) is 0 Å². The molecule has 2 N–H and O–H groups in total. The number of nitrogens with one attached hydrogen (secondary N) is 2. The molecule has 1 unspecified atom stereocenters. The second-order valence-corrected chi connectivity index (χ2v) is 5.26. The van der Waals surface area contributed by atoms with E-state index in [1.807, 2.05) is 0 Å². The summed E-state index contributed by atoms with van der Waals surface area (Å²) in [5, 5.41) is 6.98. The van der Waals surface area contributed by atoms with Crippen LogP contribution in [0.1, 0.15) is 25.7 Å². The van der Waals surface area contributed by atoms with E-state index >= 15 is 0 Å². The van der Waals surface area contributed by atoms with Gasteiger partial charge in [0.1, 0.15) is 0 Å². The summed E-state index contributed by atoms with van der Waals surface area (Å²) in [4.78, 5) is 12.1. The average Bonchev–Trinajstić information content (AvgIpc) is 2.62. The van der Waals surface area contributed by atoms with Gasteiger partial charge in [0, 0.05) is 0 Å². The minimum absolute atomic E-state index is 0.0631. The molecule has 98 valence electrons. The van der Waals surface area contributed by atoms with Gasteiger partial charge in [-0.2, -0.15) is 0 Å². The topological polar surface area (TPSA) is 41.1 Å². The standard InChI is InChI=1S/C13H16Cl2N2O/c14-9-5-4-6-10(15)12(9)17-13(18)11-7-2-1-3-8-16-11/h4-6,11,16H,1-3,7-8H2,(H,17,18). The number of benzene rings is 1. The third-order valence-electron chi connectivity index (χ3n) is 3.09. The van der Waals surface area contributed by atoms with Gasteiger partial charge in [0.05, 0.1) is 21.8 Å². The van der Waals surface area contributed by atoms with Gasteiger partial charge in [-0.05, 0) is 31.5 Å². The van der Waals surface area contributed by atoms with Crippen LogP contribution in [0.2, 0.25) is 10.0 Å². The molecule has 0 bridgehead atoms. The number of halogens is 2. The van der Waals surface area contributed by atoms with Crippen LogP contribution in [0, 0.1) is 0 Å². The van der Waals surface area contributed by atoms with Crippen molar-refractivity contribution in [3.8, 4) is 0 Å². The molecule has 1 aromatic rings. The summed E-state index contributed by atoms with van der Waals surface area (Å²) in [5.74, 6) is -0.0631. The Labute approximate surface area is 117 Å². The molecule has 2 rings (SSSR count). The number of carbonyl (C=O) groups excluding carboxylic acids is 1. The Hall–Kier alpha value is -0.770. The summed E-state index contributed by atoms with van der Waals surface area (Å²) < 4.78 is 0. The molecule has 1 saturated heterocycles. The monoisotopic (exact) mass is 286 g/mol. The zero-order valence-corrected chi connectivity index (χ0v) is 11.5. The van der Waals surface area contributed by atoms with Gasteiger partial charge in [-0.1, -0.05) is 42.1 Å². The van der Waals surface area contributed by atoms with Gasteiger partial charge in [0.2, 0.25) is 5.91 Å². The minimum atomic E-state index is -0.153. The highest BCUT2D eigenvalue weighted by atomic mass is 35.5. The van der Waals surface area contributed by atoms with Crippen molar-refractivity contribution in [2.24, 2.45) is 0 Å². The first kappa shape index (κ1) is 13.7. The largest absolute Gasteiger partial charge is 0.322 e. The van der Waals surface area contributed by atoms with E-state index in [2.05, 4.69) is 10.6 Å². The molecule has 18 heavy (non-hydrogen) atoms. The first-order valence-electron chi connectivity index (χ1n) is 6.17. The fourth-order valence-electron chi connectivity index (χ4n) is 2.08. The number of rotatable bonds is 2. The van der Waals surface area contributed by atoms with Gasteiger partial charge in [-0.3, -0.25) is 4.79 Å². The molecule has 3 nitrogen and oxygen atoms in total. The predicted molar refractivity (Wildman–Crippen MR) is 75.4 cm³/mol. The molecular formula is C13H16Cl2N2O. The highest BCUT2D eigenvalue weighted by Gasteiger charge is 2.20. The smallest absolute Gasteiger partial charge is 0.241 e. The van der Waals surface area contributed by atoms with Gasteiger partial charge in [0.15, 0.2) is 0 Å². The number of hydrogen-bond acceptors (Lipinski definition) is 2. The molecule has 0 radical (unpaired) electrons. The fraction of sp³-hybridized carbons (Fsp3) is 0.462. The summed E-state index contributed by atoms with van der Waals surface area (Å²) in [6, 6.07) is 5.03. The van der Waals surface area contributed by atoms with Crippen LogP contribution in [0.5, 0.6) is 0 Å². The molecule has 1 aliphatic heterocycles. The lowest BCUT2D eigenvalue weighted by molar-refractivity contribution is -0.118. The van der Waals surface area contributed by atoms with E-state index in [0.29, 0.717) is 15.7 Å². The molecule has 1 heterocycles. The van der Waals surface area contributed by atoms with Crippen LogP contribution < -0.4 is 10.6 Å². The van der Waals surface area contributed by atoms with Crippen LogP contribution in [-0.4, -0.2) is 18.5 Å². The molecule has 1 aromatic carbocycles. The number of carbonyl (C=O) groups is 1. The maximum Gasteiger partial charge on any atom is 0.241 e. The van der Waals surface area contributed by atoms with E-state index < -0.39 is 0 Å². The molecule has 5 heteroatoms. The van der Waals surface area contributed by atoms with Crippen molar-refractivity contribution in [3.05, 3.63) is 28.2 Å². The van der Waals surface area contributed by atoms with Gasteiger partial charge < -0.3 is 10.6 Å². The number of hydrogen-bond donors (Lipinski definition) is 2. The van der Waals surface area contributed by atoms with E-state index in [-0.39, 0.29) is 11.9 Å². The van der Waals surface area contributed by atoms with Crippen molar-refractivity contribution in [2.75, 3.05) is 11.9 Å². The summed E-state index contributed by atoms with van der Waals surface area (Å²) in [6.07, 6.45) is 4.22. The predicted octanol–water partition coefficient (Wildman–Crippen LogP) is 3.46. The highest BCUT2D eigenvalue weighted by Crippen LogP contribution is 2.30. The lowest BCUT2D eigenvalue weighted by Crippen LogP contribution is -2.39. The Morgan fingerprint density at radius 1 is 1.22 bits per heavy atom. The van der Waals surface area contributed by atoms with Crippen LogP contribution in [0.15, 0.2) is 18.2 Å². The van der Waals surface area contributed by atoms with E-state index in [4.69, 9.17) is 23.2 Å². The Kier molecular flexibility index (Phi) is 4.87. The minimum Gasteiger partial charge on any atom is -0.322 e. The van der Waals surface area contributed by atoms with E-state index in [1.165, 1.54) is 6.42 Å². The third-order valence-corrected chi connectivity index (χ3v) is 3.72. The Balaban J connectivity index is 2.06. The van der Waals surface area contributed by atoms with Gasteiger partial charge in [-0.15, -0.1) is 0 Å². The molecule has 0 spiro atoms. The lowest BCUT2D eigenvalue weighted by atomic mass is 10.1. The molecule has 0 aliphatic carbocycles. The summed E-state index contributed by atoms with van der Waals surface area (Å²) in [6.45, 7) is 0.883. The van der Waals surface area contributed by atoms with E-state index in [9.17, 15) is 4.79 Å². The van der Waals surface area contributed by atoms with Gasteiger partial charge >= 0.3 is 0 Å². The number of anilines is 1. The van der Waals surface area contributed by atoms with E-state index in [0.717, 1.165) is 25.8 Å². The molecule has 1 aliphatic rings. The van der Waals surface area contributed by atoms with Crippen LogP contribution >= 0.6 is 23.2 Å². The quantitative estimate of drug-likeness (QED) is 0.874. The molecule has 1 atom stereocenters. The van der Waals surface area contributed by atoms with Crippen molar-refractivity contribution in [1.29, 1.82) is 0 Å². The van der Waals surface area contributed by atoms with Crippen molar-refractivity contribution >= 4 is 34.8 Å². The van der Waals surface area contributed by atoms with Crippen molar-refractivity contribution in [1.82, 2.24) is 5.32 Å². The molecule has 0 saturated carbocycles. The fourth-order valence-corrected chi connectivity index (χ4v) is 2.57. The molecule has 1 amide bonds. The van der Waals surface area contributed by atoms with Crippen LogP contribution in [-0.2, 0) is 4.79 Å². The SMILES string of the molecule is O=C(Nc1c(Cl)cccc1Cl)C1CCCCCN1. The van der Waals surface area contributed by atoms with Crippen molar-refractivity contribution in [2.45, 2.75) is 31.7 Å². The van der Waals surface area contributed by atoms with E-state index in [1.54, 1.807) is 18.2 Å². The molecule has 0 aromatic heterocycles. The van der Waals surface area contributed by atoms with Gasteiger partial charge in [0.25, 0.3) is 0 Å². The summed E-state index contributed by atoms with van der Waals surface area (Å²) in [7, 11) is 0. The molecular weight excluding hydrogens is 271 g/mol. The normalized spacial score (nSPS) is 20.2. The number of amides is 1. The Morgan fingerprint density at radius 2 is 1.94 bits per heavy atom. The second-order valence-electron chi connectivity index (χ2n) is 4.44.